The van der Waals surface area contributed by atoms with Crippen molar-refractivity contribution in [1.82, 2.24) is 5.32 Å². The minimum atomic E-state index is -0.421. The molecule has 4 heteroatoms. The summed E-state index contributed by atoms with van der Waals surface area (Å²) >= 11 is 0. The van der Waals surface area contributed by atoms with Crippen molar-refractivity contribution in [2.45, 2.75) is 19.4 Å². The highest BCUT2D eigenvalue weighted by molar-refractivity contribution is 5.77. The fraction of sp³-hybridized carbons (Fsp3) is 0.385. The third kappa shape index (κ3) is 8.16. The number of rotatable bonds is 4. The molecule has 4 nitrogen and oxygen atoms in total. The van der Waals surface area contributed by atoms with Gasteiger partial charge in [-0.3, -0.25) is 4.79 Å². The minimum Gasteiger partial charge on any atom is -0.388 e. The Bertz CT molecular complexity index is 325. The Balaban J connectivity index is 0.000000770. The number of carbonyl (C=O) groups is 2. The number of benzene rings is 1. The second-order valence-electron chi connectivity index (χ2n) is 3.54. The number of aldehydes is 1. The van der Waals surface area contributed by atoms with Crippen LogP contribution in [-0.2, 0) is 20.7 Å². The highest BCUT2D eigenvalue weighted by atomic mass is 16.4. The zero-order chi connectivity index (χ0) is 13.1. The van der Waals surface area contributed by atoms with Crippen LogP contribution in [0.4, 0.5) is 0 Å². The van der Waals surface area contributed by atoms with Gasteiger partial charge in [0, 0.05) is 21.1 Å². The van der Waals surface area contributed by atoms with E-state index in [1.54, 1.807) is 14.2 Å². The molecular weight excluding hydrogens is 218 g/mol. The maximum atomic E-state index is 10.7. The number of ether oxygens (including phenoxy) is 1. The lowest BCUT2D eigenvalue weighted by atomic mass is 10.1. The van der Waals surface area contributed by atoms with Gasteiger partial charge in [-0.05, 0) is 12.0 Å². The van der Waals surface area contributed by atoms with Crippen molar-refractivity contribution >= 4 is 12.2 Å². The van der Waals surface area contributed by atoms with Crippen molar-refractivity contribution in [3.05, 3.63) is 35.9 Å². The summed E-state index contributed by atoms with van der Waals surface area (Å²) in [5.74, 6) is -0.182. The molecule has 0 bridgehead atoms. The Labute approximate surface area is 102 Å². The molecule has 0 aliphatic heterocycles. The molecule has 94 valence electrons. The van der Waals surface area contributed by atoms with Crippen molar-refractivity contribution in [2.75, 3.05) is 14.2 Å². The first-order valence-electron chi connectivity index (χ1n) is 5.30. The van der Waals surface area contributed by atoms with Gasteiger partial charge < -0.3 is 14.8 Å². The molecule has 0 fully saturated rings. The van der Waals surface area contributed by atoms with E-state index in [0.29, 0.717) is 6.42 Å². The molecule has 0 spiro atoms. The number of carbonyl (C=O) groups excluding carboxylic acids is 2. The lowest BCUT2D eigenvalue weighted by molar-refractivity contribution is -0.122. The molecule has 1 atom stereocenters. The zero-order valence-corrected chi connectivity index (χ0v) is 10.5. The molecule has 1 aromatic rings. The first-order valence-corrected chi connectivity index (χ1v) is 5.30. The average Bonchev–Trinajstić information content (AvgIpc) is 2.30. The molecule has 0 saturated carbocycles. The van der Waals surface area contributed by atoms with Gasteiger partial charge in [-0.2, -0.15) is 0 Å². The third-order valence-corrected chi connectivity index (χ3v) is 1.85. The van der Waals surface area contributed by atoms with Gasteiger partial charge in [0.1, 0.15) is 6.29 Å². The maximum absolute atomic E-state index is 10.7. The van der Waals surface area contributed by atoms with Gasteiger partial charge in [-0.25, -0.2) is 0 Å². The molecule has 0 aliphatic carbocycles. The Hall–Kier alpha value is -1.68. The van der Waals surface area contributed by atoms with Crippen molar-refractivity contribution in [1.29, 1.82) is 0 Å². The molecule has 0 saturated heterocycles. The normalized spacial score (nSPS) is 10.8. The first-order chi connectivity index (χ1) is 8.13. The predicted octanol–water partition coefficient (Wildman–Crippen LogP) is 1.20. The van der Waals surface area contributed by atoms with Crippen molar-refractivity contribution in [3.63, 3.8) is 0 Å². The fourth-order valence-electron chi connectivity index (χ4n) is 1.26. The Morgan fingerprint density at radius 2 is 1.88 bits per heavy atom. The summed E-state index contributed by atoms with van der Waals surface area (Å²) in [5.41, 5.74) is 1.04. The minimum absolute atomic E-state index is 0.182. The zero-order valence-electron chi connectivity index (χ0n) is 10.5. The van der Waals surface area contributed by atoms with Crippen LogP contribution in [0.3, 0.4) is 0 Å². The molecule has 0 radical (unpaired) electrons. The summed E-state index contributed by atoms with van der Waals surface area (Å²) in [7, 11) is 3.25. The number of nitrogens with one attached hydrogen (secondary N) is 1. The largest absolute Gasteiger partial charge is 0.388 e. The summed E-state index contributed by atoms with van der Waals surface area (Å²) in [6.07, 6.45) is 1.30. The molecule has 1 N–H and O–H groups in total. The van der Waals surface area contributed by atoms with Gasteiger partial charge in [0.2, 0.25) is 5.91 Å². The van der Waals surface area contributed by atoms with Gasteiger partial charge in [0.25, 0.3) is 0 Å². The quantitative estimate of drug-likeness (QED) is 0.800. The maximum Gasteiger partial charge on any atom is 0.217 e. The van der Waals surface area contributed by atoms with Crippen LogP contribution in [-0.4, -0.2) is 32.5 Å². The van der Waals surface area contributed by atoms with Gasteiger partial charge in [0.15, 0.2) is 0 Å². The third-order valence-electron chi connectivity index (χ3n) is 1.85. The summed E-state index contributed by atoms with van der Waals surface area (Å²) in [6, 6.07) is 9.17. The Kier molecular flexibility index (Phi) is 8.60. The van der Waals surface area contributed by atoms with Gasteiger partial charge in [0.05, 0.1) is 6.04 Å². The van der Waals surface area contributed by atoms with Crippen LogP contribution in [0.15, 0.2) is 30.3 Å². The number of hydrogen-bond acceptors (Lipinski definition) is 3. The lowest BCUT2D eigenvalue weighted by Crippen LogP contribution is -2.35. The van der Waals surface area contributed by atoms with E-state index in [9.17, 15) is 9.59 Å². The number of amides is 1. The molecule has 17 heavy (non-hydrogen) atoms. The van der Waals surface area contributed by atoms with Crippen molar-refractivity contribution in [2.24, 2.45) is 0 Å². The average molecular weight is 237 g/mol. The summed E-state index contributed by atoms with van der Waals surface area (Å²) in [5, 5.41) is 2.57. The molecule has 0 aliphatic rings. The molecule has 1 rings (SSSR count). The van der Waals surface area contributed by atoms with Crippen molar-refractivity contribution < 1.29 is 14.3 Å². The van der Waals surface area contributed by atoms with E-state index in [-0.39, 0.29) is 5.91 Å². The van der Waals surface area contributed by atoms with Crippen LogP contribution in [0.1, 0.15) is 12.5 Å². The first kappa shape index (κ1) is 15.3. The van der Waals surface area contributed by atoms with E-state index < -0.39 is 6.04 Å². The molecular formula is C13H19NO3. The van der Waals surface area contributed by atoms with Crippen LogP contribution in [0.2, 0.25) is 0 Å². The topological polar surface area (TPSA) is 55.4 Å². The van der Waals surface area contributed by atoms with E-state index >= 15 is 0 Å². The molecule has 0 aromatic heterocycles. The summed E-state index contributed by atoms with van der Waals surface area (Å²) in [4.78, 5) is 21.4. The molecule has 1 aromatic carbocycles. The van der Waals surface area contributed by atoms with Crippen LogP contribution < -0.4 is 5.32 Å². The van der Waals surface area contributed by atoms with Crippen LogP contribution in [0.5, 0.6) is 0 Å². The molecule has 0 unspecified atom stereocenters. The second-order valence-corrected chi connectivity index (χ2v) is 3.54. The van der Waals surface area contributed by atoms with E-state index in [0.717, 1.165) is 11.8 Å². The summed E-state index contributed by atoms with van der Waals surface area (Å²) in [6.45, 7) is 1.40. The lowest BCUT2D eigenvalue weighted by Gasteiger charge is -2.10. The highest BCUT2D eigenvalue weighted by Crippen LogP contribution is 2.01. The van der Waals surface area contributed by atoms with Gasteiger partial charge in [-0.15, -0.1) is 0 Å². The monoisotopic (exact) mass is 237 g/mol. The Morgan fingerprint density at radius 1 is 1.35 bits per heavy atom. The van der Waals surface area contributed by atoms with E-state index in [1.165, 1.54) is 6.92 Å². The van der Waals surface area contributed by atoms with Gasteiger partial charge >= 0.3 is 0 Å². The highest BCUT2D eigenvalue weighted by Gasteiger charge is 2.08. The standard InChI is InChI=1S/C11H13NO2.C2H6O/c1-9(14)12-11(8-13)7-10-5-3-2-4-6-10;1-3-2/h2-6,8,11H,7H2,1H3,(H,12,14);1-2H3/t11-;/m0./s1. The van der Waals surface area contributed by atoms with Crippen LogP contribution in [0, 0.1) is 0 Å². The number of hydrogen-bond donors (Lipinski definition) is 1. The molecule has 1 amide bonds. The SMILES string of the molecule is CC(=O)N[C@H](C=O)Cc1ccccc1.COC. The van der Waals surface area contributed by atoms with Gasteiger partial charge in [-0.1, -0.05) is 30.3 Å². The van der Waals surface area contributed by atoms with E-state index in [4.69, 9.17) is 0 Å². The summed E-state index contributed by atoms with van der Waals surface area (Å²) < 4.78 is 4.25. The smallest absolute Gasteiger partial charge is 0.217 e. The number of methoxy groups -OCH3 is 1. The second kappa shape index (κ2) is 9.54. The van der Waals surface area contributed by atoms with E-state index in [1.807, 2.05) is 30.3 Å². The predicted molar refractivity (Wildman–Crippen MR) is 66.7 cm³/mol. The van der Waals surface area contributed by atoms with Crippen LogP contribution in [0.25, 0.3) is 0 Å². The van der Waals surface area contributed by atoms with Crippen molar-refractivity contribution in [3.8, 4) is 0 Å². The molecule has 0 heterocycles. The van der Waals surface area contributed by atoms with Crippen LogP contribution >= 0.6 is 0 Å². The Morgan fingerprint density at radius 3 is 2.29 bits per heavy atom. The fourth-order valence-corrected chi connectivity index (χ4v) is 1.26. The van der Waals surface area contributed by atoms with E-state index in [2.05, 4.69) is 10.1 Å².